The van der Waals surface area contributed by atoms with Gasteiger partial charge in [0.2, 0.25) is 0 Å². The number of aliphatic hydroxyl groups is 1. The van der Waals surface area contributed by atoms with Crippen LogP contribution in [0.1, 0.15) is 34.8 Å². The zero-order valence-corrected chi connectivity index (χ0v) is 7.45. The number of hydrogen-bond donors (Lipinski definition) is 1. The van der Waals surface area contributed by atoms with Crippen molar-refractivity contribution in [2.45, 2.75) is 32.3 Å². The molecule has 0 spiro atoms. The van der Waals surface area contributed by atoms with Crippen molar-refractivity contribution in [2.75, 3.05) is 0 Å². The van der Waals surface area contributed by atoms with Gasteiger partial charge in [0, 0.05) is 9.75 Å². The molecule has 11 heavy (non-hydrogen) atoms. The van der Waals surface area contributed by atoms with Crippen molar-refractivity contribution in [2.24, 2.45) is 0 Å². The smallest absolute Gasteiger partial charge is 0.0854 e. The van der Waals surface area contributed by atoms with Gasteiger partial charge in [-0.1, -0.05) is 0 Å². The molecular weight excluding hydrogens is 156 g/mol. The van der Waals surface area contributed by atoms with E-state index in [1.807, 2.05) is 6.92 Å². The molecule has 1 aromatic heterocycles. The van der Waals surface area contributed by atoms with Gasteiger partial charge < -0.3 is 5.11 Å². The molecular formula is C9H12OS. The Morgan fingerprint density at radius 2 is 2.36 bits per heavy atom. The minimum Gasteiger partial charge on any atom is -0.388 e. The van der Waals surface area contributed by atoms with Crippen LogP contribution < -0.4 is 0 Å². The summed E-state index contributed by atoms with van der Waals surface area (Å²) in [6.07, 6.45) is 3.48. The van der Waals surface area contributed by atoms with Crippen LogP contribution in [0.25, 0.3) is 0 Å². The second kappa shape index (κ2) is 2.61. The highest BCUT2D eigenvalue weighted by molar-refractivity contribution is 7.12. The van der Waals surface area contributed by atoms with Crippen molar-refractivity contribution >= 4 is 11.3 Å². The van der Waals surface area contributed by atoms with Gasteiger partial charge in [-0.15, -0.1) is 11.3 Å². The largest absolute Gasteiger partial charge is 0.388 e. The van der Waals surface area contributed by atoms with Gasteiger partial charge in [0.15, 0.2) is 0 Å². The molecule has 0 radical (unpaired) electrons. The van der Waals surface area contributed by atoms with Crippen molar-refractivity contribution in [3.63, 3.8) is 0 Å². The third-order valence-corrected chi connectivity index (χ3v) is 3.58. The SMILES string of the molecule is C[C@H](O)c1cc2c(s1)CCC2. The first-order valence-corrected chi connectivity index (χ1v) is 4.88. The van der Waals surface area contributed by atoms with Crippen LogP contribution in [0, 0.1) is 0 Å². The first-order valence-electron chi connectivity index (χ1n) is 4.07. The monoisotopic (exact) mass is 168 g/mol. The summed E-state index contributed by atoms with van der Waals surface area (Å²) in [5.41, 5.74) is 1.48. The van der Waals surface area contributed by atoms with Crippen molar-refractivity contribution in [1.82, 2.24) is 0 Å². The first kappa shape index (κ1) is 7.32. The molecule has 0 saturated heterocycles. The van der Waals surface area contributed by atoms with Crippen LogP contribution in [0.5, 0.6) is 0 Å². The van der Waals surface area contributed by atoms with Gasteiger partial charge in [0.05, 0.1) is 6.10 Å². The molecule has 0 amide bonds. The van der Waals surface area contributed by atoms with Gasteiger partial charge in [-0.05, 0) is 37.8 Å². The van der Waals surface area contributed by atoms with Gasteiger partial charge in [-0.3, -0.25) is 0 Å². The zero-order chi connectivity index (χ0) is 7.84. The van der Waals surface area contributed by atoms with E-state index in [4.69, 9.17) is 0 Å². The van der Waals surface area contributed by atoms with Gasteiger partial charge in [-0.2, -0.15) is 0 Å². The third kappa shape index (κ3) is 1.21. The van der Waals surface area contributed by atoms with E-state index in [0.717, 1.165) is 4.88 Å². The van der Waals surface area contributed by atoms with Crippen molar-refractivity contribution in [1.29, 1.82) is 0 Å². The van der Waals surface area contributed by atoms with E-state index in [2.05, 4.69) is 6.07 Å². The molecule has 1 atom stereocenters. The Labute approximate surface area is 70.7 Å². The summed E-state index contributed by atoms with van der Waals surface area (Å²) in [4.78, 5) is 2.63. The predicted molar refractivity (Wildman–Crippen MR) is 47.0 cm³/mol. The molecule has 1 aromatic rings. The predicted octanol–water partition coefficient (Wildman–Crippen LogP) is 2.29. The van der Waals surface area contributed by atoms with Crippen molar-refractivity contribution < 1.29 is 5.11 Å². The molecule has 0 unspecified atom stereocenters. The van der Waals surface area contributed by atoms with E-state index in [-0.39, 0.29) is 6.10 Å². The minimum absolute atomic E-state index is 0.273. The summed E-state index contributed by atoms with van der Waals surface area (Å²) in [6, 6.07) is 2.16. The Hall–Kier alpha value is -0.340. The minimum atomic E-state index is -0.273. The van der Waals surface area contributed by atoms with Crippen LogP contribution in [0.2, 0.25) is 0 Å². The molecule has 1 aliphatic carbocycles. The molecule has 0 aromatic carbocycles. The van der Waals surface area contributed by atoms with Gasteiger partial charge in [0.1, 0.15) is 0 Å². The van der Waals surface area contributed by atoms with Crippen LogP contribution in [-0.2, 0) is 12.8 Å². The highest BCUT2D eigenvalue weighted by Crippen LogP contribution is 2.33. The van der Waals surface area contributed by atoms with Crippen LogP contribution in [0.3, 0.4) is 0 Å². The topological polar surface area (TPSA) is 20.2 Å². The summed E-state index contributed by atoms with van der Waals surface area (Å²) in [7, 11) is 0. The van der Waals surface area contributed by atoms with E-state index in [9.17, 15) is 5.11 Å². The van der Waals surface area contributed by atoms with Gasteiger partial charge in [0.25, 0.3) is 0 Å². The fourth-order valence-electron chi connectivity index (χ4n) is 1.56. The number of aryl methyl sites for hydroxylation is 2. The lowest BCUT2D eigenvalue weighted by Gasteiger charge is -1.97. The molecule has 0 aliphatic heterocycles. The summed E-state index contributed by atoms with van der Waals surface area (Å²) in [6.45, 7) is 1.83. The zero-order valence-electron chi connectivity index (χ0n) is 6.63. The Bertz CT molecular complexity index is 241. The van der Waals surface area contributed by atoms with E-state index in [1.54, 1.807) is 11.3 Å². The fraction of sp³-hybridized carbons (Fsp3) is 0.556. The number of aliphatic hydroxyl groups excluding tert-OH is 1. The first-order chi connectivity index (χ1) is 5.27. The molecule has 1 aliphatic rings. The van der Waals surface area contributed by atoms with Gasteiger partial charge >= 0.3 is 0 Å². The molecule has 0 fully saturated rings. The van der Waals surface area contributed by atoms with Crippen molar-refractivity contribution in [3.05, 3.63) is 21.4 Å². The quantitative estimate of drug-likeness (QED) is 0.682. The Morgan fingerprint density at radius 3 is 3.00 bits per heavy atom. The summed E-state index contributed by atoms with van der Waals surface area (Å²) in [5, 5.41) is 9.29. The van der Waals surface area contributed by atoms with E-state index >= 15 is 0 Å². The second-order valence-corrected chi connectivity index (χ2v) is 4.30. The maximum atomic E-state index is 9.29. The van der Waals surface area contributed by atoms with Gasteiger partial charge in [-0.25, -0.2) is 0 Å². The normalized spacial score (nSPS) is 18.4. The summed E-state index contributed by atoms with van der Waals surface area (Å²) < 4.78 is 0. The molecule has 1 N–H and O–H groups in total. The standard InChI is InChI=1S/C9H12OS/c1-6(10)9-5-7-3-2-4-8(7)11-9/h5-6,10H,2-4H2,1H3/t6-/m0/s1. The highest BCUT2D eigenvalue weighted by atomic mass is 32.1. The maximum absolute atomic E-state index is 9.29. The third-order valence-electron chi connectivity index (χ3n) is 2.18. The number of rotatable bonds is 1. The molecule has 1 nitrogen and oxygen atoms in total. The Morgan fingerprint density at radius 1 is 1.55 bits per heavy atom. The fourth-order valence-corrected chi connectivity index (χ4v) is 2.75. The van der Waals surface area contributed by atoms with Crippen LogP contribution in [-0.4, -0.2) is 5.11 Å². The summed E-state index contributed by atoms with van der Waals surface area (Å²) in [5.74, 6) is 0. The average molecular weight is 168 g/mol. The lowest BCUT2D eigenvalue weighted by atomic mass is 10.2. The van der Waals surface area contributed by atoms with E-state index in [1.165, 1.54) is 29.7 Å². The number of fused-ring (bicyclic) bond motifs is 1. The number of thiophene rings is 1. The lowest BCUT2D eigenvalue weighted by molar-refractivity contribution is 0.203. The molecule has 2 rings (SSSR count). The molecule has 1 heterocycles. The van der Waals surface area contributed by atoms with E-state index in [0.29, 0.717) is 0 Å². The summed E-state index contributed by atoms with van der Waals surface area (Å²) >= 11 is 1.78. The average Bonchev–Trinajstić information content (AvgIpc) is 2.40. The maximum Gasteiger partial charge on any atom is 0.0854 e. The van der Waals surface area contributed by atoms with Crippen LogP contribution in [0.15, 0.2) is 6.07 Å². The van der Waals surface area contributed by atoms with Crippen LogP contribution >= 0.6 is 11.3 Å². The molecule has 2 heteroatoms. The van der Waals surface area contributed by atoms with Crippen molar-refractivity contribution in [3.8, 4) is 0 Å². The highest BCUT2D eigenvalue weighted by Gasteiger charge is 2.16. The second-order valence-electron chi connectivity index (χ2n) is 3.13. The Balaban J connectivity index is 2.34. The van der Waals surface area contributed by atoms with E-state index < -0.39 is 0 Å². The lowest BCUT2D eigenvalue weighted by Crippen LogP contribution is -1.84. The molecule has 0 saturated carbocycles. The molecule has 60 valence electrons. The number of hydrogen-bond acceptors (Lipinski definition) is 2. The van der Waals surface area contributed by atoms with Crippen LogP contribution in [0.4, 0.5) is 0 Å². The molecule has 0 bridgehead atoms. The Kier molecular flexibility index (Phi) is 1.74.